The number of aliphatic hydroxyl groups is 2. The molecule has 7 nitrogen and oxygen atoms in total. The van der Waals surface area contributed by atoms with Crippen LogP contribution in [-0.4, -0.2) is 47.4 Å². The van der Waals surface area contributed by atoms with Crippen LogP contribution >= 0.6 is 0 Å². The minimum atomic E-state index is -1.33. The van der Waals surface area contributed by atoms with Crippen LogP contribution in [0.1, 0.15) is 65.0 Å². The number of ether oxygens (including phenoxy) is 3. The van der Waals surface area contributed by atoms with Gasteiger partial charge in [-0.1, -0.05) is 13.8 Å². The molecular weight excluding hydrogens is 388 g/mol. The van der Waals surface area contributed by atoms with Gasteiger partial charge in [0.05, 0.1) is 30.3 Å². The van der Waals surface area contributed by atoms with E-state index in [9.17, 15) is 15.0 Å². The summed E-state index contributed by atoms with van der Waals surface area (Å²) in [6, 6.07) is 1.90. The van der Waals surface area contributed by atoms with E-state index in [0.717, 1.165) is 12.0 Å². The Morgan fingerprint density at radius 1 is 1.27 bits per heavy atom. The van der Waals surface area contributed by atoms with Gasteiger partial charge in [0.15, 0.2) is 6.29 Å². The average molecular weight is 423 g/mol. The summed E-state index contributed by atoms with van der Waals surface area (Å²) in [7, 11) is 1.64. The van der Waals surface area contributed by atoms with Gasteiger partial charge >= 0.3 is 5.97 Å². The zero-order valence-corrected chi connectivity index (χ0v) is 18.5. The summed E-state index contributed by atoms with van der Waals surface area (Å²) in [5, 5.41) is 22.2. The number of fused-ring (bicyclic) bond motifs is 2. The molecular formula is C23H34O7. The lowest BCUT2D eigenvalue weighted by Gasteiger charge is -2.65. The minimum absolute atomic E-state index is 0.0204. The van der Waals surface area contributed by atoms with Gasteiger partial charge in [0, 0.05) is 36.3 Å². The van der Waals surface area contributed by atoms with Crippen LogP contribution in [0.15, 0.2) is 23.0 Å². The van der Waals surface area contributed by atoms with Crippen molar-refractivity contribution < 1.29 is 33.6 Å². The Bertz CT molecular complexity index is 775. The maximum atomic E-state index is 11.9. The van der Waals surface area contributed by atoms with Crippen molar-refractivity contribution in [1.82, 2.24) is 0 Å². The van der Waals surface area contributed by atoms with Gasteiger partial charge in [-0.25, -0.2) is 0 Å². The number of hydrogen-bond acceptors (Lipinski definition) is 7. The molecule has 2 N–H and O–H groups in total. The van der Waals surface area contributed by atoms with E-state index in [4.69, 9.17) is 18.6 Å². The normalized spacial score (nSPS) is 48.5. The number of carbonyl (C=O) groups is 1. The van der Waals surface area contributed by atoms with Crippen LogP contribution in [0.25, 0.3) is 0 Å². The molecule has 0 aromatic carbocycles. The summed E-state index contributed by atoms with van der Waals surface area (Å²) >= 11 is 0. The number of esters is 1. The van der Waals surface area contributed by atoms with Crippen LogP contribution in [0.5, 0.6) is 0 Å². The maximum absolute atomic E-state index is 11.9. The second-order valence-corrected chi connectivity index (χ2v) is 9.92. The first-order valence-electron chi connectivity index (χ1n) is 10.9. The number of furan rings is 1. The molecule has 1 aromatic rings. The van der Waals surface area contributed by atoms with Crippen LogP contribution in [0.2, 0.25) is 0 Å². The number of hydrogen-bond donors (Lipinski definition) is 2. The Labute approximate surface area is 177 Å². The van der Waals surface area contributed by atoms with E-state index in [-0.39, 0.29) is 23.9 Å². The predicted octanol–water partition coefficient (Wildman–Crippen LogP) is 3.20. The number of methoxy groups -OCH3 is 1. The van der Waals surface area contributed by atoms with Gasteiger partial charge in [0.2, 0.25) is 0 Å². The van der Waals surface area contributed by atoms with Crippen molar-refractivity contribution in [3.63, 3.8) is 0 Å². The zero-order chi connectivity index (χ0) is 21.9. The lowest BCUT2D eigenvalue weighted by molar-refractivity contribution is -0.291. The fraction of sp³-hybridized carbons (Fsp3) is 0.783. The van der Waals surface area contributed by atoms with E-state index in [1.807, 2.05) is 13.0 Å². The first-order valence-corrected chi connectivity index (χ1v) is 10.9. The maximum Gasteiger partial charge on any atom is 0.302 e. The number of aliphatic hydroxyl groups excluding tert-OH is 1. The van der Waals surface area contributed by atoms with Crippen molar-refractivity contribution in [2.75, 3.05) is 7.11 Å². The molecule has 3 aliphatic rings. The van der Waals surface area contributed by atoms with Gasteiger partial charge in [0.25, 0.3) is 0 Å². The smallest absolute Gasteiger partial charge is 0.302 e. The van der Waals surface area contributed by atoms with Crippen LogP contribution in [-0.2, 0) is 19.0 Å². The standard InChI is InChI=1S/C23H34O7/c1-13-16(29-14(2)24)10-21(3)18(6-7-19(25)22(21,4)26)23(13)11-17(30-20(23)27-5)15-8-9-28-12-15/h8-9,12-13,16-20,25-26H,6-7,10-11H2,1-5H3/t13-,16-,17-,18+,19-,20+,21-,22-,23+/m1/s1. The third-order valence-corrected chi connectivity index (χ3v) is 8.69. The first-order chi connectivity index (χ1) is 14.1. The fourth-order valence-electron chi connectivity index (χ4n) is 6.86. The molecule has 4 rings (SSSR count). The summed E-state index contributed by atoms with van der Waals surface area (Å²) in [6.07, 6.45) is 3.72. The highest BCUT2D eigenvalue weighted by Crippen LogP contribution is 2.69. The molecule has 1 aromatic heterocycles. The molecule has 2 aliphatic carbocycles. The number of rotatable bonds is 3. The largest absolute Gasteiger partial charge is 0.472 e. The number of carbonyl (C=O) groups excluding carboxylic acids is 1. The van der Waals surface area contributed by atoms with Gasteiger partial charge < -0.3 is 28.8 Å². The summed E-state index contributed by atoms with van der Waals surface area (Å²) < 4.78 is 23.4. The van der Waals surface area contributed by atoms with Gasteiger partial charge in [-0.15, -0.1) is 0 Å². The second-order valence-electron chi connectivity index (χ2n) is 9.92. The Balaban J connectivity index is 1.83. The summed E-state index contributed by atoms with van der Waals surface area (Å²) in [4.78, 5) is 11.9. The minimum Gasteiger partial charge on any atom is -0.472 e. The molecule has 1 saturated heterocycles. The first kappa shape index (κ1) is 21.8. The van der Waals surface area contributed by atoms with Crippen molar-refractivity contribution in [3.05, 3.63) is 24.2 Å². The fourth-order valence-corrected chi connectivity index (χ4v) is 6.86. The van der Waals surface area contributed by atoms with Crippen LogP contribution < -0.4 is 0 Å². The Morgan fingerprint density at radius 2 is 2.00 bits per heavy atom. The lowest BCUT2D eigenvalue weighted by Crippen LogP contribution is -2.69. The highest BCUT2D eigenvalue weighted by Gasteiger charge is 2.71. The Morgan fingerprint density at radius 3 is 2.60 bits per heavy atom. The van der Waals surface area contributed by atoms with Crippen molar-refractivity contribution in [3.8, 4) is 0 Å². The lowest BCUT2D eigenvalue weighted by atomic mass is 9.42. The highest BCUT2D eigenvalue weighted by molar-refractivity contribution is 5.66. The van der Waals surface area contributed by atoms with Gasteiger partial charge in [-0.05, 0) is 44.6 Å². The van der Waals surface area contributed by atoms with Gasteiger partial charge in [-0.3, -0.25) is 4.79 Å². The molecule has 0 radical (unpaired) electrons. The molecule has 2 saturated carbocycles. The molecule has 0 unspecified atom stereocenters. The van der Waals surface area contributed by atoms with Gasteiger partial charge in [0.1, 0.15) is 6.10 Å². The second kappa shape index (κ2) is 7.33. The molecule has 168 valence electrons. The Kier molecular flexibility index (Phi) is 5.33. The van der Waals surface area contributed by atoms with E-state index in [2.05, 4.69) is 6.92 Å². The molecule has 30 heavy (non-hydrogen) atoms. The van der Waals surface area contributed by atoms with E-state index >= 15 is 0 Å². The molecule has 7 heteroatoms. The SMILES string of the molecule is CO[C@H]1O[C@@H](c2ccoc2)C[C@@]12[C@H](C)[C@H](OC(C)=O)C[C@]1(C)[C@@H]2CC[C@@H](O)[C@@]1(C)O. The van der Waals surface area contributed by atoms with E-state index in [1.165, 1.54) is 6.92 Å². The van der Waals surface area contributed by atoms with Crippen LogP contribution in [0, 0.1) is 22.7 Å². The van der Waals surface area contributed by atoms with E-state index in [1.54, 1.807) is 26.6 Å². The molecule has 1 spiro atoms. The summed E-state index contributed by atoms with van der Waals surface area (Å²) in [5.41, 5.74) is -1.55. The molecule has 2 heterocycles. The quantitative estimate of drug-likeness (QED) is 0.722. The molecule has 0 amide bonds. The van der Waals surface area contributed by atoms with Crippen molar-refractivity contribution in [2.24, 2.45) is 22.7 Å². The van der Waals surface area contributed by atoms with Crippen molar-refractivity contribution in [1.29, 1.82) is 0 Å². The highest BCUT2D eigenvalue weighted by atomic mass is 16.7. The topological polar surface area (TPSA) is 98.4 Å². The predicted molar refractivity (Wildman–Crippen MR) is 107 cm³/mol. The molecule has 0 bridgehead atoms. The molecule has 1 aliphatic heterocycles. The Hall–Kier alpha value is -1.41. The molecule has 3 fully saturated rings. The third kappa shape index (κ3) is 2.89. The van der Waals surface area contributed by atoms with Crippen LogP contribution in [0.4, 0.5) is 0 Å². The molecule has 9 atom stereocenters. The van der Waals surface area contributed by atoms with Crippen LogP contribution in [0.3, 0.4) is 0 Å². The van der Waals surface area contributed by atoms with E-state index < -0.39 is 34.9 Å². The van der Waals surface area contributed by atoms with Crippen molar-refractivity contribution in [2.45, 2.75) is 83.6 Å². The monoisotopic (exact) mass is 422 g/mol. The zero-order valence-electron chi connectivity index (χ0n) is 18.5. The van der Waals surface area contributed by atoms with E-state index in [0.29, 0.717) is 19.3 Å². The van der Waals surface area contributed by atoms with Crippen molar-refractivity contribution >= 4 is 5.97 Å². The average Bonchev–Trinajstić information content (AvgIpc) is 3.32. The van der Waals surface area contributed by atoms with Gasteiger partial charge in [-0.2, -0.15) is 0 Å². The third-order valence-electron chi connectivity index (χ3n) is 8.69. The summed E-state index contributed by atoms with van der Waals surface area (Å²) in [6.45, 7) is 7.24. The summed E-state index contributed by atoms with van der Waals surface area (Å²) in [5.74, 6) is -0.376.